The van der Waals surface area contributed by atoms with Gasteiger partial charge in [0.15, 0.2) is 0 Å². The zero-order valence-electron chi connectivity index (χ0n) is 10.8. The van der Waals surface area contributed by atoms with Crippen LogP contribution in [0.5, 0.6) is 0 Å². The number of pyridine rings is 1. The molecule has 0 amide bonds. The first-order valence-electron chi connectivity index (χ1n) is 5.82. The fourth-order valence-electron chi connectivity index (χ4n) is 1.69. The minimum absolute atomic E-state index is 0.0530. The van der Waals surface area contributed by atoms with Crippen molar-refractivity contribution in [1.29, 1.82) is 0 Å². The van der Waals surface area contributed by atoms with Crippen molar-refractivity contribution in [2.75, 3.05) is 12.8 Å². The maximum atomic E-state index is 13.7. The fraction of sp³-hybridized carbons (Fsp3) is 0.154. The molecule has 0 aliphatic heterocycles. The Kier molecular flexibility index (Phi) is 4.01. The number of nitrogens with zero attached hydrogens (tertiary/aromatic N) is 2. The molecule has 20 heavy (non-hydrogen) atoms. The quantitative estimate of drug-likeness (QED) is 0.870. The molecule has 1 aromatic heterocycles. The number of aromatic nitrogens is 1. The summed E-state index contributed by atoms with van der Waals surface area (Å²) in [5.41, 5.74) is 6.28. The van der Waals surface area contributed by atoms with Gasteiger partial charge in [-0.3, -0.25) is 4.98 Å². The van der Waals surface area contributed by atoms with E-state index in [0.717, 1.165) is 16.4 Å². The number of sulfonamides is 1. The summed E-state index contributed by atoms with van der Waals surface area (Å²) in [7, 11) is -2.58. The molecule has 2 N–H and O–H groups in total. The van der Waals surface area contributed by atoms with E-state index in [4.69, 9.17) is 5.73 Å². The summed E-state index contributed by atoms with van der Waals surface area (Å²) in [6.07, 6.45) is 1.57. The van der Waals surface area contributed by atoms with Crippen LogP contribution in [-0.2, 0) is 16.6 Å². The number of benzene rings is 1. The van der Waals surface area contributed by atoms with Crippen LogP contribution in [0.1, 0.15) is 5.69 Å². The van der Waals surface area contributed by atoms with Crippen molar-refractivity contribution in [3.63, 3.8) is 0 Å². The van der Waals surface area contributed by atoms with E-state index in [9.17, 15) is 12.8 Å². The van der Waals surface area contributed by atoms with Gasteiger partial charge in [-0.1, -0.05) is 6.07 Å². The Bertz CT molecular complexity index is 705. The molecule has 0 aliphatic rings. The van der Waals surface area contributed by atoms with Crippen LogP contribution in [0, 0.1) is 5.82 Å². The summed E-state index contributed by atoms with van der Waals surface area (Å²) >= 11 is 0. The van der Waals surface area contributed by atoms with Crippen molar-refractivity contribution in [2.45, 2.75) is 11.4 Å². The Hall–Kier alpha value is -1.99. The summed E-state index contributed by atoms with van der Waals surface area (Å²) in [5.74, 6) is -0.827. The van der Waals surface area contributed by atoms with E-state index in [0.29, 0.717) is 5.69 Å². The molecule has 0 bridgehead atoms. The zero-order chi connectivity index (χ0) is 14.8. The van der Waals surface area contributed by atoms with Gasteiger partial charge in [0, 0.05) is 18.9 Å². The standard InChI is InChI=1S/C13H14FN3O2S/c1-17(9-11-4-2-3-7-16-11)20(18,19)13-8-10(15)5-6-12(13)14/h2-8H,9,15H2,1H3. The predicted molar refractivity (Wildman–Crippen MR) is 73.7 cm³/mol. The Balaban J connectivity index is 2.32. The van der Waals surface area contributed by atoms with Crippen molar-refractivity contribution < 1.29 is 12.8 Å². The largest absolute Gasteiger partial charge is 0.399 e. The minimum Gasteiger partial charge on any atom is -0.399 e. The van der Waals surface area contributed by atoms with Crippen LogP contribution in [0.3, 0.4) is 0 Å². The molecule has 0 radical (unpaired) electrons. The highest BCUT2D eigenvalue weighted by atomic mass is 32.2. The second-order valence-corrected chi connectivity index (χ2v) is 6.29. The second kappa shape index (κ2) is 5.56. The van der Waals surface area contributed by atoms with Crippen LogP contribution in [0.4, 0.5) is 10.1 Å². The summed E-state index contributed by atoms with van der Waals surface area (Å²) in [4.78, 5) is 3.61. The van der Waals surface area contributed by atoms with Crippen molar-refractivity contribution in [3.8, 4) is 0 Å². The van der Waals surface area contributed by atoms with Gasteiger partial charge in [-0.15, -0.1) is 0 Å². The summed E-state index contributed by atoms with van der Waals surface area (Å²) in [6.45, 7) is 0.0530. The molecule has 1 heterocycles. The lowest BCUT2D eigenvalue weighted by Gasteiger charge is -2.17. The number of nitrogen functional groups attached to an aromatic ring is 1. The highest BCUT2D eigenvalue weighted by Crippen LogP contribution is 2.21. The Morgan fingerprint density at radius 3 is 2.70 bits per heavy atom. The van der Waals surface area contributed by atoms with Crippen molar-refractivity contribution in [2.24, 2.45) is 0 Å². The van der Waals surface area contributed by atoms with Gasteiger partial charge in [-0.25, -0.2) is 12.8 Å². The Labute approximate surface area is 116 Å². The fourth-order valence-corrected chi connectivity index (χ4v) is 2.93. The molecule has 0 atom stereocenters. The molecule has 0 fully saturated rings. The average Bonchev–Trinajstić information content (AvgIpc) is 2.42. The van der Waals surface area contributed by atoms with Crippen LogP contribution in [-0.4, -0.2) is 24.8 Å². The molecular weight excluding hydrogens is 281 g/mol. The summed E-state index contributed by atoms with van der Waals surface area (Å²) < 4.78 is 39.3. The lowest BCUT2D eigenvalue weighted by Crippen LogP contribution is -2.27. The first-order valence-corrected chi connectivity index (χ1v) is 7.26. The van der Waals surface area contributed by atoms with Crippen LogP contribution in [0.25, 0.3) is 0 Å². The van der Waals surface area contributed by atoms with E-state index in [-0.39, 0.29) is 12.2 Å². The van der Waals surface area contributed by atoms with E-state index < -0.39 is 20.7 Å². The Morgan fingerprint density at radius 1 is 1.30 bits per heavy atom. The lowest BCUT2D eigenvalue weighted by molar-refractivity contribution is 0.456. The van der Waals surface area contributed by atoms with Crippen molar-refractivity contribution in [3.05, 3.63) is 54.1 Å². The predicted octanol–water partition coefficient (Wildman–Crippen LogP) is 1.62. The third-order valence-corrected chi connectivity index (χ3v) is 4.57. The molecule has 0 saturated carbocycles. The van der Waals surface area contributed by atoms with Gasteiger partial charge >= 0.3 is 0 Å². The van der Waals surface area contributed by atoms with Crippen LogP contribution < -0.4 is 5.73 Å². The van der Waals surface area contributed by atoms with Gasteiger partial charge in [-0.05, 0) is 30.3 Å². The van der Waals surface area contributed by atoms with Crippen LogP contribution >= 0.6 is 0 Å². The van der Waals surface area contributed by atoms with Gasteiger partial charge in [0.05, 0.1) is 12.2 Å². The zero-order valence-corrected chi connectivity index (χ0v) is 11.6. The first kappa shape index (κ1) is 14.4. The first-order chi connectivity index (χ1) is 9.41. The highest BCUT2D eigenvalue weighted by Gasteiger charge is 2.25. The molecule has 1 aromatic carbocycles. The minimum atomic E-state index is -3.95. The molecule has 0 saturated heterocycles. The average molecular weight is 295 g/mol. The molecule has 7 heteroatoms. The molecule has 0 unspecified atom stereocenters. The Morgan fingerprint density at radius 2 is 2.05 bits per heavy atom. The van der Waals surface area contributed by atoms with E-state index >= 15 is 0 Å². The van der Waals surface area contributed by atoms with E-state index in [1.807, 2.05) is 0 Å². The number of halogens is 1. The van der Waals surface area contributed by atoms with Crippen LogP contribution in [0.2, 0.25) is 0 Å². The van der Waals surface area contributed by atoms with Crippen LogP contribution in [0.15, 0.2) is 47.5 Å². The topological polar surface area (TPSA) is 76.3 Å². The van der Waals surface area contributed by atoms with E-state index in [2.05, 4.69) is 4.98 Å². The molecule has 2 rings (SSSR count). The van der Waals surface area contributed by atoms with Gasteiger partial charge < -0.3 is 5.73 Å². The summed E-state index contributed by atoms with van der Waals surface area (Å²) in [6, 6.07) is 8.64. The van der Waals surface area contributed by atoms with Gasteiger partial charge in [0.25, 0.3) is 0 Å². The van der Waals surface area contributed by atoms with Crippen molar-refractivity contribution >= 4 is 15.7 Å². The molecule has 0 aliphatic carbocycles. The number of nitrogens with two attached hydrogens (primary N) is 1. The van der Waals surface area contributed by atoms with Gasteiger partial charge in [0.1, 0.15) is 10.7 Å². The third-order valence-electron chi connectivity index (χ3n) is 2.75. The molecule has 106 valence electrons. The molecule has 5 nitrogen and oxygen atoms in total. The number of anilines is 1. The number of rotatable bonds is 4. The highest BCUT2D eigenvalue weighted by molar-refractivity contribution is 7.89. The van der Waals surface area contributed by atoms with Gasteiger partial charge in [0.2, 0.25) is 10.0 Å². The van der Waals surface area contributed by atoms with E-state index in [1.54, 1.807) is 24.4 Å². The summed E-state index contributed by atoms with van der Waals surface area (Å²) in [5, 5.41) is 0. The molecular formula is C13H14FN3O2S. The third kappa shape index (κ3) is 2.94. The molecule has 2 aromatic rings. The normalized spacial score (nSPS) is 11.8. The van der Waals surface area contributed by atoms with E-state index in [1.165, 1.54) is 13.1 Å². The SMILES string of the molecule is CN(Cc1ccccn1)S(=O)(=O)c1cc(N)ccc1F. The van der Waals surface area contributed by atoms with Gasteiger partial charge in [-0.2, -0.15) is 4.31 Å². The maximum absolute atomic E-state index is 13.7. The monoisotopic (exact) mass is 295 g/mol. The lowest BCUT2D eigenvalue weighted by atomic mass is 10.3. The second-order valence-electron chi connectivity index (χ2n) is 4.27. The smallest absolute Gasteiger partial charge is 0.246 e. The number of hydrogen-bond acceptors (Lipinski definition) is 4. The van der Waals surface area contributed by atoms with Crippen molar-refractivity contribution in [1.82, 2.24) is 9.29 Å². The maximum Gasteiger partial charge on any atom is 0.246 e. The number of hydrogen-bond donors (Lipinski definition) is 1. The molecule has 0 spiro atoms.